The van der Waals surface area contributed by atoms with Crippen molar-refractivity contribution in [2.45, 2.75) is 19.9 Å². The number of hydrogen-bond donors (Lipinski definition) is 2. The van der Waals surface area contributed by atoms with Crippen LogP contribution in [-0.4, -0.2) is 18.9 Å². The van der Waals surface area contributed by atoms with Crippen molar-refractivity contribution in [3.8, 4) is 0 Å². The Morgan fingerprint density at radius 1 is 1.62 bits per heavy atom. The maximum Gasteiger partial charge on any atom is 0.147 e. The molecule has 3 nitrogen and oxygen atoms in total. The molecule has 0 aliphatic heterocycles. The summed E-state index contributed by atoms with van der Waals surface area (Å²) in [6.07, 6.45) is 0. The number of Topliss-reactive ketones (excluding diaryl/α,β-unsaturated/α-hetero) is 1. The Morgan fingerprint density at radius 2 is 2.12 bits per heavy atom. The molecule has 0 unspecified atom stereocenters. The van der Waals surface area contributed by atoms with Crippen LogP contribution in [0.4, 0.5) is 0 Å². The smallest absolute Gasteiger partial charge is 0.147 e. The summed E-state index contributed by atoms with van der Waals surface area (Å²) in [6.45, 7) is 3.36. The molecule has 0 aromatic carbocycles. The van der Waals surface area contributed by atoms with E-state index in [9.17, 15) is 4.79 Å². The van der Waals surface area contributed by atoms with Gasteiger partial charge in [0.2, 0.25) is 0 Å². The van der Waals surface area contributed by atoms with Crippen LogP contribution in [0, 0.1) is 0 Å². The molecule has 0 rings (SSSR count). The molecule has 0 saturated heterocycles. The molecule has 0 saturated carbocycles. The first kappa shape index (κ1) is 7.59. The van der Waals surface area contributed by atoms with Crippen molar-refractivity contribution in [2.24, 2.45) is 0 Å². The number of hydrazine groups is 1. The summed E-state index contributed by atoms with van der Waals surface area (Å²) in [5, 5.41) is 0. The molecule has 1 atom stereocenters. The minimum atomic E-state index is -0.0833. The molecule has 0 radical (unpaired) electrons. The van der Waals surface area contributed by atoms with Crippen LogP contribution in [0.3, 0.4) is 0 Å². The Morgan fingerprint density at radius 3 is 2.25 bits per heavy atom. The van der Waals surface area contributed by atoms with Gasteiger partial charge in [-0.25, -0.2) is 5.43 Å². The lowest BCUT2D eigenvalue weighted by Gasteiger charge is -2.06. The third kappa shape index (κ3) is 2.71. The molecule has 0 fully saturated rings. The first-order valence-electron chi connectivity index (χ1n) is 2.61. The van der Waals surface area contributed by atoms with Gasteiger partial charge in [-0.15, -0.1) is 0 Å². The SMILES string of the molecule is CNN[C@@H](C)C(C)=O. The normalized spacial score (nSPS) is 13.4. The summed E-state index contributed by atoms with van der Waals surface area (Å²) >= 11 is 0. The van der Waals surface area contributed by atoms with E-state index in [0.29, 0.717) is 0 Å². The van der Waals surface area contributed by atoms with Crippen molar-refractivity contribution in [1.82, 2.24) is 10.9 Å². The highest BCUT2D eigenvalue weighted by molar-refractivity contribution is 5.80. The highest BCUT2D eigenvalue weighted by Crippen LogP contribution is 1.77. The molecule has 0 aromatic rings. The van der Waals surface area contributed by atoms with E-state index in [0.717, 1.165) is 0 Å². The van der Waals surface area contributed by atoms with E-state index >= 15 is 0 Å². The number of nitrogens with one attached hydrogen (secondary N) is 2. The Labute approximate surface area is 49.4 Å². The molecule has 0 aromatic heterocycles. The van der Waals surface area contributed by atoms with E-state index in [1.165, 1.54) is 0 Å². The molecule has 0 bridgehead atoms. The fraction of sp³-hybridized carbons (Fsp3) is 0.800. The zero-order valence-corrected chi connectivity index (χ0v) is 5.49. The van der Waals surface area contributed by atoms with Crippen LogP contribution in [0.2, 0.25) is 0 Å². The van der Waals surface area contributed by atoms with Crippen LogP contribution in [0.25, 0.3) is 0 Å². The largest absolute Gasteiger partial charge is 0.298 e. The van der Waals surface area contributed by atoms with Crippen molar-refractivity contribution in [1.29, 1.82) is 0 Å². The summed E-state index contributed by atoms with van der Waals surface area (Å²) in [5.41, 5.74) is 5.42. The molecule has 0 aliphatic rings. The molecule has 0 aliphatic carbocycles. The standard InChI is InChI=1S/C5H12N2O/c1-4(5(2)8)7-6-3/h4,6-7H,1-3H3/t4-/m0/s1. The molecule has 8 heavy (non-hydrogen) atoms. The Balaban J connectivity index is 3.32. The third-order valence-electron chi connectivity index (χ3n) is 0.971. The average Bonchev–Trinajstić information content (AvgIpc) is 1.67. The first-order valence-corrected chi connectivity index (χ1v) is 2.61. The van der Waals surface area contributed by atoms with E-state index in [1.807, 2.05) is 0 Å². The predicted octanol–water partition coefficient (Wildman–Crippen LogP) is -0.312. The lowest BCUT2D eigenvalue weighted by atomic mass is 10.3. The monoisotopic (exact) mass is 116 g/mol. The van der Waals surface area contributed by atoms with Gasteiger partial charge in [-0.1, -0.05) is 0 Å². The summed E-state index contributed by atoms with van der Waals surface area (Å²) in [4.78, 5) is 10.4. The minimum Gasteiger partial charge on any atom is -0.298 e. The second kappa shape index (κ2) is 3.57. The van der Waals surface area contributed by atoms with Crippen LogP contribution in [0.5, 0.6) is 0 Å². The van der Waals surface area contributed by atoms with Gasteiger partial charge in [-0.2, -0.15) is 0 Å². The van der Waals surface area contributed by atoms with Crippen molar-refractivity contribution >= 4 is 5.78 Å². The van der Waals surface area contributed by atoms with Crippen LogP contribution in [0.1, 0.15) is 13.8 Å². The number of carbonyl (C=O) groups excluding carboxylic acids is 1. The van der Waals surface area contributed by atoms with Gasteiger partial charge in [-0.05, 0) is 20.9 Å². The van der Waals surface area contributed by atoms with Gasteiger partial charge < -0.3 is 0 Å². The Kier molecular flexibility index (Phi) is 3.39. The minimum absolute atomic E-state index is 0.0833. The van der Waals surface area contributed by atoms with Crippen molar-refractivity contribution < 1.29 is 4.79 Å². The summed E-state index contributed by atoms with van der Waals surface area (Å²) in [7, 11) is 1.74. The van der Waals surface area contributed by atoms with Gasteiger partial charge in [0.25, 0.3) is 0 Å². The van der Waals surface area contributed by atoms with Gasteiger partial charge in [0.15, 0.2) is 0 Å². The van der Waals surface area contributed by atoms with E-state index in [1.54, 1.807) is 20.9 Å². The van der Waals surface area contributed by atoms with Crippen molar-refractivity contribution in [2.75, 3.05) is 7.05 Å². The molecule has 48 valence electrons. The van der Waals surface area contributed by atoms with E-state index < -0.39 is 0 Å². The van der Waals surface area contributed by atoms with Gasteiger partial charge in [0.05, 0.1) is 6.04 Å². The molecule has 0 amide bonds. The molecule has 0 spiro atoms. The lowest BCUT2D eigenvalue weighted by molar-refractivity contribution is -0.118. The number of rotatable bonds is 3. The number of ketones is 1. The fourth-order valence-corrected chi connectivity index (χ4v) is 0.318. The van der Waals surface area contributed by atoms with E-state index in [4.69, 9.17) is 0 Å². The van der Waals surface area contributed by atoms with Crippen molar-refractivity contribution in [3.05, 3.63) is 0 Å². The summed E-state index contributed by atoms with van der Waals surface area (Å²) in [6, 6.07) is -0.0833. The quantitative estimate of drug-likeness (QED) is 0.497. The van der Waals surface area contributed by atoms with Gasteiger partial charge in [0.1, 0.15) is 5.78 Å². The van der Waals surface area contributed by atoms with Gasteiger partial charge in [-0.3, -0.25) is 10.2 Å². The van der Waals surface area contributed by atoms with E-state index in [2.05, 4.69) is 10.9 Å². The number of carbonyl (C=O) groups is 1. The van der Waals surface area contributed by atoms with Gasteiger partial charge in [0, 0.05) is 0 Å². The van der Waals surface area contributed by atoms with E-state index in [-0.39, 0.29) is 11.8 Å². The average molecular weight is 116 g/mol. The van der Waals surface area contributed by atoms with Crippen molar-refractivity contribution in [3.63, 3.8) is 0 Å². The first-order chi connectivity index (χ1) is 3.68. The fourth-order valence-electron chi connectivity index (χ4n) is 0.318. The van der Waals surface area contributed by atoms with Gasteiger partial charge >= 0.3 is 0 Å². The topological polar surface area (TPSA) is 41.1 Å². The zero-order chi connectivity index (χ0) is 6.57. The Bertz CT molecular complexity index is 82.5. The molecule has 0 heterocycles. The molecule has 3 heteroatoms. The lowest BCUT2D eigenvalue weighted by Crippen LogP contribution is -2.40. The second-order valence-corrected chi connectivity index (χ2v) is 1.73. The maximum absolute atomic E-state index is 10.4. The number of hydrogen-bond acceptors (Lipinski definition) is 3. The zero-order valence-electron chi connectivity index (χ0n) is 5.49. The summed E-state index contributed by atoms with van der Waals surface area (Å²) < 4.78 is 0. The highest BCUT2D eigenvalue weighted by atomic mass is 16.1. The maximum atomic E-state index is 10.4. The van der Waals surface area contributed by atoms with Crippen LogP contribution < -0.4 is 10.9 Å². The third-order valence-corrected chi connectivity index (χ3v) is 0.971. The summed E-state index contributed by atoms with van der Waals surface area (Å²) in [5.74, 6) is 0.138. The van der Waals surface area contributed by atoms with Crippen LogP contribution in [0.15, 0.2) is 0 Å². The van der Waals surface area contributed by atoms with Crippen LogP contribution in [-0.2, 0) is 4.79 Å². The molecular formula is C5H12N2O. The second-order valence-electron chi connectivity index (χ2n) is 1.73. The molecular weight excluding hydrogens is 104 g/mol. The predicted molar refractivity (Wildman–Crippen MR) is 32.3 cm³/mol. The van der Waals surface area contributed by atoms with Crippen LogP contribution >= 0.6 is 0 Å². The molecule has 2 N–H and O–H groups in total. The highest BCUT2D eigenvalue weighted by Gasteiger charge is 2.02. The Hall–Kier alpha value is -0.410.